The quantitative estimate of drug-likeness (QED) is 0.315. The molecular formula is C17H32. The van der Waals surface area contributed by atoms with E-state index >= 15 is 0 Å². The summed E-state index contributed by atoms with van der Waals surface area (Å²) >= 11 is 0. The molecule has 0 aliphatic carbocycles. The summed E-state index contributed by atoms with van der Waals surface area (Å²) in [6.07, 6.45) is 18.5. The first-order valence-electron chi connectivity index (χ1n) is 7.52. The highest BCUT2D eigenvalue weighted by molar-refractivity contribution is 4.92. The molecule has 0 heterocycles. The first-order valence-corrected chi connectivity index (χ1v) is 7.52. The third kappa shape index (κ3) is 11.7. The van der Waals surface area contributed by atoms with E-state index in [-0.39, 0.29) is 0 Å². The Morgan fingerprint density at radius 1 is 0.882 bits per heavy atom. The highest BCUT2D eigenvalue weighted by atomic mass is 14.0. The minimum absolute atomic E-state index is 0.696. The molecule has 0 aliphatic rings. The van der Waals surface area contributed by atoms with Crippen LogP contribution in [0.4, 0.5) is 0 Å². The molecule has 0 aromatic heterocycles. The Kier molecular flexibility index (Phi) is 11.6. The second-order valence-electron chi connectivity index (χ2n) is 5.36. The van der Waals surface area contributed by atoms with Crippen molar-refractivity contribution in [1.82, 2.24) is 0 Å². The van der Waals surface area contributed by atoms with Crippen LogP contribution >= 0.6 is 0 Å². The van der Waals surface area contributed by atoms with Crippen molar-refractivity contribution in [2.45, 2.75) is 72.6 Å². The van der Waals surface area contributed by atoms with Gasteiger partial charge in [0.05, 0.1) is 0 Å². The molecule has 0 saturated heterocycles. The van der Waals surface area contributed by atoms with Crippen LogP contribution < -0.4 is 0 Å². The number of hydrogen-bond acceptors (Lipinski definition) is 0. The van der Waals surface area contributed by atoms with Gasteiger partial charge in [0.2, 0.25) is 0 Å². The monoisotopic (exact) mass is 236 g/mol. The molecule has 0 amide bonds. The maximum Gasteiger partial charge on any atom is -0.0227 e. The molecule has 0 spiro atoms. The Morgan fingerprint density at radius 2 is 1.65 bits per heavy atom. The predicted octanol–water partition coefficient (Wildman–Crippen LogP) is 6.14. The van der Waals surface area contributed by atoms with Crippen LogP contribution in [0.3, 0.4) is 0 Å². The van der Waals surface area contributed by atoms with Crippen LogP contribution in [0.15, 0.2) is 24.3 Å². The summed E-state index contributed by atoms with van der Waals surface area (Å²) in [7, 11) is 0. The van der Waals surface area contributed by atoms with Gasteiger partial charge in [0.1, 0.15) is 0 Å². The highest BCUT2D eigenvalue weighted by Gasteiger charge is 1.96. The van der Waals surface area contributed by atoms with E-state index in [1.54, 1.807) is 0 Å². The van der Waals surface area contributed by atoms with Crippen LogP contribution in [0.2, 0.25) is 0 Å². The van der Waals surface area contributed by atoms with Gasteiger partial charge in [-0.15, -0.1) is 0 Å². The van der Waals surface area contributed by atoms with E-state index in [0.717, 1.165) is 5.92 Å². The summed E-state index contributed by atoms with van der Waals surface area (Å²) in [5.41, 5.74) is 0. The molecule has 0 saturated carbocycles. The number of allylic oxidation sites excluding steroid dienone is 4. The molecule has 100 valence electrons. The average Bonchev–Trinajstić information content (AvgIpc) is 2.33. The van der Waals surface area contributed by atoms with E-state index in [4.69, 9.17) is 0 Å². The van der Waals surface area contributed by atoms with Crippen LogP contribution in [0.5, 0.6) is 0 Å². The summed E-state index contributed by atoms with van der Waals surface area (Å²) < 4.78 is 0. The van der Waals surface area contributed by atoms with Crippen molar-refractivity contribution in [2.75, 3.05) is 0 Å². The fraction of sp³-hybridized carbons (Fsp3) is 0.765. The van der Waals surface area contributed by atoms with Gasteiger partial charge in [-0.25, -0.2) is 0 Å². The largest absolute Gasteiger partial charge is 0.0885 e. The van der Waals surface area contributed by atoms with E-state index in [1.807, 2.05) is 0 Å². The van der Waals surface area contributed by atoms with Crippen molar-refractivity contribution in [1.29, 1.82) is 0 Å². The van der Waals surface area contributed by atoms with Crippen molar-refractivity contribution in [3.63, 3.8) is 0 Å². The third-order valence-electron chi connectivity index (χ3n) is 3.35. The lowest BCUT2D eigenvalue weighted by Gasteiger charge is -2.05. The fourth-order valence-electron chi connectivity index (χ4n) is 1.73. The molecule has 0 N–H and O–H groups in total. The number of hydrogen-bond donors (Lipinski definition) is 0. The fourth-order valence-corrected chi connectivity index (χ4v) is 1.73. The first kappa shape index (κ1) is 16.5. The summed E-state index contributed by atoms with van der Waals surface area (Å²) in [5.74, 6) is 1.53. The molecule has 0 nitrogen and oxygen atoms in total. The second kappa shape index (κ2) is 12.0. The smallest absolute Gasteiger partial charge is 0.0227 e. The first-order chi connectivity index (χ1) is 8.20. The molecule has 0 rings (SSSR count). The Morgan fingerprint density at radius 3 is 2.29 bits per heavy atom. The van der Waals surface area contributed by atoms with Crippen LogP contribution in [0.1, 0.15) is 72.6 Å². The molecule has 0 heteroatoms. The van der Waals surface area contributed by atoms with Gasteiger partial charge in [-0.1, -0.05) is 71.3 Å². The molecule has 2 atom stereocenters. The van der Waals surface area contributed by atoms with Gasteiger partial charge in [-0.3, -0.25) is 0 Å². The molecule has 2 unspecified atom stereocenters. The van der Waals surface area contributed by atoms with E-state index in [2.05, 4.69) is 52.0 Å². The minimum atomic E-state index is 0.696. The van der Waals surface area contributed by atoms with Crippen molar-refractivity contribution < 1.29 is 0 Å². The molecular weight excluding hydrogens is 204 g/mol. The Balaban J connectivity index is 3.54. The van der Waals surface area contributed by atoms with Gasteiger partial charge in [0, 0.05) is 0 Å². The van der Waals surface area contributed by atoms with Gasteiger partial charge in [-0.05, 0) is 37.5 Å². The number of unbranched alkanes of at least 4 members (excludes halogenated alkanes) is 3. The van der Waals surface area contributed by atoms with Gasteiger partial charge in [0.25, 0.3) is 0 Å². The molecule has 0 bridgehead atoms. The summed E-state index contributed by atoms with van der Waals surface area (Å²) in [4.78, 5) is 0. The van der Waals surface area contributed by atoms with E-state index in [9.17, 15) is 0 Å². The summed E-state index contributed by atoms with van der Waals surface area (Å²) in [6, 6.07) is 0. The molecule has 0 aromatic carbocycles. The summed E-state index contributed by atoms with van der Waals surface area (Å²) in [5, 5.41) is 0. The van der Waals surface area contributed by atoms with E-state index in [1.165, 1.54) is 44.9 Å². The third-order valence-corrected chi connectivity index (χ3v) is 3.35. The normalized spacial score (nSPS) is 15.8. The van der Waals surface area contributed by atoms with Gasteiger partial charge < -0.3 is 0 Å². The number of rotatable bonds is 10. The standard InChI is InChI=1S/C17H32/c1-5-7-8-9-10-11-13-17(4)15-12-14-16(3)6-2/h10-12,15-17H,5-9,13-14H2,1-4H3. The predicted molar refractivity (Wildman–Crippen MR) is 80.3 cm³/mol. The van der Waals surface area contributed by atoms with Crippen LogP contribution in [0, 0.1) is 11.8 Å². The lowest BCUT2D eigenvalue weighted by atomic mass is 10.0. The maximum absolute atomic E-state index is 2.38. The van der Waals surface area contributed by atoms with Crippen LogP contribution in [-0.2, 0) is 0 Å². The zero-order valence-corrected chi connectivity index (χ0v) is 12.4. The zero-order valence-electron chi connectivity index (χ0n) is 12.4. The Bertz CT molecular complexity index is 200. The molecule has 0 aromatic rings. The second-order valence-corrected chi connectivity index (χ2v) is 5.36. The lowest BCUT2D eigenvalue weighted by molar-refractivity contribution is 0.569. The topological polar surface area (TPSA) is 0 Å². The average molecular weight is 236 g/mol. The van der Waals surface area contributed by atoms with Crippen molar-refractivity contribution in [3.8, 4) is 0 Å². The van der Waals surface area contributed by atoms with Crippen LogP contribution in [-0.4, -0.2) is 0 Å². The molecule has 0 radical (unpaired) electrons. The minimum Gasteiger partial charge on any atom is -0.0885 e. The van der Waals surface area contributed by atoms with E-state index < -0.39 is 0 Å². The maximum atomic E-state index is 2.38. The van der Waals surface area contributed by atoms with Gasteiger partial charge in [-0.2, -0.15) is 0 Å². The van der Waals surface area contributed by atoms with Gasteiger partial charge >= 0.3 is 0 Å². The summed E-state index contributed by atoms with van der Waals surface area (Å²) in [6.45, 7) is 9.15. The molecule has 17 heavy (non-hydrogen) atoms. The lowest BCUT2D eigenvalue weighted by Crippen LogP contribution is -1.90. The van der Waals surface area contributed by atoms with Gasteiger partial charge in [0.15, 0.2) is 0 Å². The Hall–Kier alpha value is -0.520. The Labute approximate surface area is 109 Å². The SMILES string of the molecule is CCCCCC=CCC(C)C=CCC(C)CC. The van der Waals surface area contributed by atoms with Crippen LogP contribution in [0.25, 0.3) is 0 Å². The molecule has 0 fully saturated rings. The zero-order chi connectivity index (χ0) is 12.9. The molecule has 0 aliphatic heterocycles. The van der Waals surface area contributed by atoms with Crippen molar-refractivity contribution in [2.24, 2.45) is 11.8 Å². The van der Waals surface area contributed by atoms with E-state index in [0.29, 0.717) is 5.92 Å². The highest BCUT2D eigenvalue weighted by Crippen LogP contribution is 2.11. The van der Waals surface area contributed by atoms with Crippen molar-refractivity contribution in [3.05, 3.63) is 24.3 Å². The van der Waals surface area contributed by atoms with Crippen molar-refractivity contribution >= 4 is 0 Å².